The predicted molar refractivity (Wildman–Crippen MR) is 97.7 cm³/mol. The van der Waals surface area contributed by atoms with Crippen LogP contribution in [-0.2, 0) is 22.6 Å². The molecule has 6 heteroatoms. The van der Waals surface area contributed by atoms with E-state index in [1.807, 2.05) is 6.92 Å². The quantitative estimate of drug-likeness (QED) is 0.474. The number of phenolic OH excluding ortho intramolecular Hbond substituents is 1. The van der Waals surface area contributed by atoms with Crippen molar-refractivity contribution < 1.29 is 19.5 Å². The molecule has 136 valence electrons. The van der Waals surface area contributed by atoms with E-state index >= 15 is 0 Å². The lowest BCUT2D eigenvalue weighted by Gasteiger charge is -2.16. The van der Waals surface area contributed by atoms with Crippen LogP contribution in [0.2, 0.25) is 0 Å². The highest BCUT2D eigenvalue weighted by atomic mass is 16.3. The van der Waals surface area contributed by atoms with Gasteiger partial charge in [0.15, 0.2) is 5.78 Å². The monoisotopic (exact) mass is 354 g/mol. The van der Waals surface area contributed by atoms with Crippen molar-refractivity contribution in [2.45, 2.75) is 32.4 Å². The van der Waals surface area contributed by atoms with Crippen molar-refractivity contribution in [2.75, 3.05) is 0 Å². The Kier molecular flexibility index (Phi) is 6.91. The summed E-state index contributed by atoms with van der Waals surface area (Å²) >= 11 is 0. The van der Waals surface area contributed by atoms with E-state index in [9.17, 15) is 19.5 Å². The molecule has 2 amide bonds. The van der Waals surface area contributed by atoms with Gasteiger partial charge in [0.1, 0.15) is 11.8 Å². The van der Waals surface area contributed by atoms with E-state index in [1.165, 1.54) is 12.1 Å². The Bertz CT molecular complexity index is 754. The predicted octanol–water partition coefficient (Wildman–Crippen LogP) is 1.96. The second-order valence-corrected chi connectivity index (χ2v) is 5.90. The number of rotatable bonds is 9. The Labute approximate surface area is 152 Å². The summed E-state index contributed by atoms with van der Waals surface area (Å²) in [4.78, 5) is 34.8. The Morgan fingerprint density at radius 1 is 1.04 bits per heavy atom. The van der Waals surface area contributed by atoms with Gasteiger partial charge in [-0.3, -0.25) is 14.4 Å². The van der Waals surface area contributed by atoms with Crippen LogP contribution in [0.3, 0.4) is 0 Å². The third kappa shape index (κ3) is 5.44. The first-order valence-corrected chi connectivity index (χ1v) is 8.41. The maximum Gasteiger partial charge on any atom is 0.243 e. The second kappa shape index (κ2) is 9.36. The van der Waals surface area contributed by atoms with Crippen LogP contribution in [0.4, 0.5) is 0 Å². The standard InChI is InChI=1S/C20H22N2O4/c1-2-19(25)16-7-3-15(4-8-16)12-21-20(26)18(22-13-23)11-14-5-9-17(24)10-6-14/h3-10,13,18,24H,2,11-12H2,1H3,(H,21,26)(H,22,23)/t18-/m0/s1. The first kappa shape index (κ1) is 19.2. The minimum absolute atomic E-state index is 0.0738. The van der Waals surface area contributed by atoms with Crippen LogP contribution in [0.15, 0.2) is 48.5 Å². The van der Waals surface area contributed by atoms with Gasteiger partial charge in [-0.1, -0.05) is 43.3 Å². The fourth-order valence-electron chi connectivity index (χ4n) is 2.50. The summed E-state index contributed by atoms with van der Waals surface area (Å²) < 4.78 is 0. The average molecular weight is 354 g/mol. The Hall–Kier alpha value is -3.15. The molecule has 0 aliphatic heterocycles. The number of hydrogen-bond acceptors (Lipinski definition) is 4. The van der Waals surface area contributed by atoms with Gasteiger partial charge in [-0.2, -0.15) is 0 Å². The average Bonchev–Trinajstić information content (AvgIpc) is 2.67. The Morgan fingerprint density at radius 2 is 1.65 bits per heavy atom. The van der Waals surface area contributed by atoms with Gasteiger partial charge in [0.05, 0.1) is 0 Å². The summed E-state index contributed by atoms with van der Waals surface area (Å²) in [5, 5.41) is 14.6. The molecule has 2 rings (SSSR count). The number of carbonyl (C=O) groups excluding carboxylic acids is 3. The molecule has 26 heavy (non-hydrogen) atoms. The maximum absolute atomic E-state index is 12.4. The van der Waals surface area contributed by atoms with Crippen LogP contribution in [0, 0.1) is 0 Å². The zero-order valence-corrected chi connectivity index (χ0v) is 14.6. The third-order valence-corrected chi connectivity index (χ3v) is 4.03. The summed E-state index contributed by atoms with van der Waals surface area (Å²) in [7, 11) is 0. The second-order valence-electron chi connectivity index (χ2n) is 5.90. The van der Waals surface area contributed by atoms with Gasteiger partial charge in [0.2, 0.25) is 12.3 Å². The molecule has 0 aliphatic carbocycles. The molecule has 0 fully saturated rings. The van der Waals surface area contributed by atoms with Gasteiger partial charge < -0.3 is 15.7 Å². The van der Waals surface area contributed by atoms with Crippen molar-refractivity contribution >= 4 is 18.1 Å². The van der Waals surface area contributed by atoms with E-state index in [2.05, 4.69) is 10.6 Å². The zero-order chi connectivity index (χ0) is 18.9. The summed E-state index contributed by atoms with van der Waals surface area (Å²) in [5.41, 5.74) is 2.33. The fourth-order valence-corrected chi connectivity index (χ4v) is 2.50. The van der Waals surface area contributed by atoms with E-state index in [4.69, 9.17) is 0 Å². The number of amides is 2. The molecule has 0 aliphatic rings. The van der Waals surface area contributed by atoms with Crippen LogP contribution < -0.4 is 10.6 Å². The molecule has 3 N–H and O–H groups in total. The molecule has 6 nitrogen and oxygen atoms in total. The lowest BCUT2D eigenvalue weighted by atomic mass is 10.0. The molecule has 1 atom stereocenters. The van der Waals surface area contributed by atoms with Crippen LogP contribution >= 0.6 is 0 Å². The summed E-state index contributed by atoms with van der Waals surface area (Å²) in [6.45, 7) is 2.11. The number of nitrogens with one attached hydrogen (secondary N) is 2. The summed E-state index contributed by atoms with van der Waals surface area (Å²) in [5.74, 6) is -0.0910. The fraction of sp³-hybridized carbons (Fsp3) is 0.250. The first-order chi connectivity index (χ1) is 12.5. The molecule has 0 saturated heterocycles. The van der Waals surface area contributed by atoms with Crippen molar-refractivity contribution in [3.8, 4) is 5.75 Å². The number of aromatic hydroxyl groups is 1. The largest absolute Gasteiger partial charge is 0.508 e. The van der Waals surface area contributed by atoms with E-state index in [0.29, 0.717) is 31.4 Å². The zero-order valence-electron chi connectivity index (χ0n) is 14.6. The van der Waals surface area contributed by atoms with Gasteiger partial charge in [-0.05, 0) is 23.3 Å². The Balaban J connectivity index is 1.95. The van der Waals surface area contributed by atoms with Crippen molar-refractivity contribution in [1.29, 1.82) is 0 Å². The minimum Gasteiger partial charge on any atom is -0.508 e. The van der Waals surface area contributed by atoms with Gasteiger partial charge in [0, 0.05) is 24.9 Å². The number of carbonyl (C=O) groups is 3. The SMILES string of the molecule is CCC(=O)c1ccc(CNC(=O)[C@H](Cc2ccc(O)cc2)NC=O)cc1. The highest BCUT2D eigenvalue weighted by Crippen LogP contribution is 2.12. The highest BCUT2D eigenvalue weighted by Gasteiger charge is 2.18. The highest BCUT2D eigenvalue weighted by molar-refractivity contribution is 5.95. The molecular weight excluding hydrogens is 332 g/mol. The van der Waals surface area contributed by atoms with Crippen LogP contribution in [-0.4, -0.2) is 29.2 Å². The number of phenols is 1. The molecule has 0 aromatic heterocycles. The van der Waals surface area contributed by atoms with Crippen molar-refractivity contribution in [2.24, 2.45) is 0 Å². The number of ketones is 1. The molecule has 0 saturated carbocycles. The molecule has 0 spiro atoms. The lowest BCUT2D eigenvalue weighted by molar-refractivity contribution is -0.125. The van der Waals surface area contributed by atoms with Crippen LogP contribution in [0.1, 0.15) is 34.8 Å². The minimum atomic E-state index is -0.710. The van der Waals surface area contributed by atoms with E-state index in [0.717, 1.165) is 11.1 Å². The smallest absolute Gasteiger partial charge is 0.243 e. The first-order valence-electron chi connectivity index (χ1n) is 8.41. The number of hydrogen-bond donors (Lipinski definition) is 3. The van der Waals surface area contributed by atoms with Gasteiger partial charge in [-0.15, -0.1) is 0 Å². The summed E-state index contributed by atoms with van der Waals surface area (Å²) in [6.07, 6.45) is 1.26. The van der Waals surface area contributed by atoms with E-state index in [1.54, 1.807) is 36.4 Å². The van der Waals surface area contributed by atoms with Crippen LogP contribution in [0.25, 0.3) is 0 Å². The van der Waals surface area contributed by atoms with Gasteiger partial charge in [-0.25, -0.2) is 0 Å². The van der Waals surface area contributed by atoms with E-state index < -0.39 is 6.04 Å². The van der Waals surface area contributed by atoms with Crippen molar-refractivity contribution in [3.05, 3.63) is 65.2 Å². The molecule has 0 radical (unpaired) electrons. The summed E-state index contributed by atoms with van der Waals surface area (Å²) in [6, 6.07) is 12.8. The van der Waals surface area contributed by atoms with Gasteiger partial charge >= 0.3 is 0 Å². The topological polar surface area (TPSA) is 95.5 Å². The molecule has 0 heterocycles. The molecule has 0 unspecified atom stereocenters. The third-order valence-electron chi connectivity index (χ3n) is 4.03. The van der Waals surface area contributed by atoms with Crippen LogP contribution in [0.5, 0.6) is 5.75 Å². The Morgan fingerprint density at radius 3 is 2.23 bits per heavy atom. The van der Waals surface area contributed by atoms with E-state index in [-0.39, 0.29) is 17.4 Å². The normalized spacial score (nSPS) is 11.4. The lowest BCUT2D eigenvalue weighted by Crippen LogP contribution is -2.44. The van der Waals surface area contributed by atoms with Crippen molar-refractivity contribution in [1.82, 2.24) is 10.6 Å². The molecule has 2 aromatic carbocycles. The number of benzene rings is 2. The van der Waals surface area contributed by atoms with Gasteiger partial charge in [0.25, 0.3) is 0 Å². The maximum atomic E-state index is 12.4. The molecule has 0 bridgehead atoms. The number of Topliss-reactive ketones (excluding diaryl/α,β-unsaturated/α-hetero) is 1. The van der Waals surface area contributed by atoms with Crippen molar-refractivity contribution in [3.63, 3.8) is 0 Å². The molecule has 2 aromatic rings. The molecular formula is C20H22N2O4.